The number of rotatable bonds is 6. The summed E-state index contributed by atoms with van der Waals surface area (Å²) in [5.74, 6) is 1.33. The summed E-state index contributed by atoms with van der Waals surface area (Å²) in [5.41, 5.74) is 2.95. The Kier molecular flexibility index (Phi) is 5.54. The lowest BCUT2D eigenvalue weighted by molar-refractivity contribution is 0.154. The number of aromatic nitrogens is 3. The van der Waals surface area contributed by atoms with Gasteiger partial charge in [-0.15, -0.1) is 0 Å². The third-order valence-corrected chi connectivity index (χ3v) is 5.43. The van der Waals surface area contributed by atoms with E-state index < -0.39 is 0 Å². The molecule has 0 spiro atoms. The molecule has 0 saturated carbocycles. The quantitative estimate of drug-likeness (QED) is 0.642. The average Bonchev–Trinajstić information content (AvgIpc) is 3.15. The van der Waals surface area contributed by atoms with Crippen molar-refractivity contribution < 1.29 is 4.39 Å². The van der Waals surface area contributed by atoms with Crippen LogP contribution < -0.4 is 5.32 Å². The molecular formula is C21H27FN6. The third kappa shape index (κ3) is 4.15. The molecule has 1 fully saturated rings. The minimum Gasteiger partial charge on any atom is -0.370 e. The van der Waals surface area contributed by atoms with Gasteiger partial charge in [0.15, 0.2) is 0 Å². The van der Waals surface area contributed by atoms with Gasteiger partial charge in [-0.25, -0.2) is 14.4 Å². The first-order valence-corrected chi connectivity index (χ1v) is 9.86. The highest BCUT2D eigenvalue weighted by atomic mass is 19.1. The van der Waals surface area contributed by atoms with Gasteiger partial charge in [-0.05, 0) is 51.2 Å². The molecule has 28 heavy (non-hydrogen) atoms. The van der Waals surface area contributed by atoms with Crippen molar-refractivity contribution in [3.63, 3.8) is 0 Å². The van der Waals surface area contributed by atoms with Crippen molar-refractivity contribution in [2.45, 2.75) is 13.3 Å². The predicted molar refractivity (Wildman–Crippen MR) is 111 cm³/mol. The number of likely N-dealkylation sites (N-methyl/N-ethyl adjacent to an activating group) is 1. The van der Waals surface area contributed by atoms with Gasteiger partial charge in [-0.2, -0.15) is 0 Å². The van der Waals surface area contributed by atoms with E-state index in [1.54, 1.807) is 19.2 Å². The Labute approximate surface area is 164 Å². The molecule has 0 aliphatic carbocycles. The topological polar surface area (TPSA) is 60.1 Å². The Balaban J connectivity index is 1.32. The summed E-state index contributed by atoms with van der Waals surface area (Å²) in [6, 6.07) is 7.13. The minimum atomic E-state index is -0.236. The van der Waals surface area contributed by atoms with Gasteiger partial charge in [0.2, 0.25) is 0 Å². The number of halogens is 1. The van der Waals surface area contributed by atoms with Gasteiger partial charge in [0, 0.05) is 50.0 Å². The van der Waals surface area contributed by atoms with Crippen LogP contribution in [0, 0.1) is 12.7 Å². The number of aryl methyl sites for hydroxylation is 1. The average molecular weight is 382 g/mol. The number of benzene rings is 1. The van der Waals surface area contributed by atoms with Crippen LogP contribution in [0.1, 0.15) is 12.0 Å². The SMILES string of the molecule is Cc1c(F)ccc2[nH]c(-c3ccc(NCCCN4CCN(C)CC4)nc3)nc12. The molecule has 1 aromatic carbocycles. The van der Waals surface area contributed by atoms with Gasteiger partial charge < -0.3 is 20.1 Å². The molecule has 0 bridgehead atoms. The molecule has 2 N–H and O–H groups in total. The second-order valence-electron chi connectivity index (χ2n) is 7.51. The van der Waals surface area contributed by atoms with Crippen molar-refractivity contribution in [2.24, 2.45) is 0 Å². The molecule has 2 aromatic heterocycles. The van der Waals surface area contributed by atoms with Crippen LogP contribution in [-0.2, 0) is 0 Å². The number of nitrogens with zero attached hydrogens (tertiary/aromatic N) is 4. The van der Waals surface area contributed by atoms with Gasteiger partial charge in [-0.1, -0.05) is 0 Å². The number of pyridine rings is 1. The number of hydrogen-bond donors (Lipinski definition) is 2. The van der Waals surface area contributed by atoms with Gasteiger partial charge in [0.1, 0.15) is 17.5 Å². The Morgan fingerprint density at radius 3 is 2.71 bits per heavy atom. The molecule has 3 aromatic rings. The second kappa shape index (κ2) is 8.24. The summed E-state index contributed by atoms with van der Waals surface area (Å²) in [6.07, 6.45) is 2.90. The molecular weight excluding hydrogens is 355 g/mol. The fraction of sp³-hybridized carbons (Fsp3) is 0.429. The fourth-order valence-corrected chi connectivity index (χ4v) is 3.55. The first kappa shape index (κ1) is 18.8. The van der Waals surface area contributed by atoms with E-state index in [1.807, 2.05) is 12.1 Å². The predicted octanol–water partition coefficient (Wildman–Crippen LogP) is 3.12. The van der Waals surface area contributed by atoms with Crippen molar-refractivity contribution in [3.8, 4) is 11.4 Å². The molecule has 6 nitrogen and oxygen atoms in total. The highest BCUT2D eigenvalue weighted by molar-refractivity contribution is 5.82. The highest BCUT2D eigenvalue weighted by Crippen LogP contribution is 2.24. The van der Waals surface area contributed by atoms with E-state index in [-0.39, 0.29) is 5.82 Å². The van der Waals surface area contributed by atoms with E-state index in [0.29, 0.717) is 16.9 Å². The molecule has 1 aliphatic heterocycles. The van der Waals surface area contributed by atoms with Crippen LogP contribution in [-0.4, -0.2) is 71.1 Å². The lowest BCUT2D eigenvalue weighted by atomic mass is 10.2. The molecule has 0 unspecified atom stereocenters. The zero-order valence-electron chi connectivity index (χ0n) is 16.5. The largest absolute Gasteiger partial charge is 0.370 e. The number of aromatic amines is 1. The van der Waals surface area contributed by atoms with Crippen LogP contribution in [0.2, 0.25) is 0 Å². The number of hydrogen-bond acceptors (Lipinski definition) is 5. The molecule has 1 aliphatic rings. The Hall–Kier alpha value is -2.51. The monoisotopic (exact) mass is 382 g/mol. The van der Waals surface area contributed by atoms with Crippen LogP contribution >= 0.6 is 0 Å². The van der Waals surface area contributed by atoms with E-state index >= 15 is 0 Å². The number of imidazole rings is 1. The van der Waals surface area contributed by atoms with Gasteiger partial charge in [0.05, 0.1) is 11.0 Å². The van der Waals surface area contributed by atoms with Crippen molar-refractivity contribution in [2.75, 3.05) is 51.6 Å². The maximum Gasteiger partial charge on any atom is 0.140 e. The zero-order valence-corrected chi connectivity index (χ0v) is 16.5. The van der Waals surface area contributed by atoms with Crippen molar-refractivity contribution in [3.05, 3.63) is 41.8 Å². The molecule has 3 heterocycles. The van der Waals surface area contributed by atoms with Crippen LogP contribution in [0.3, 0.4) is 0 Å². The molecule has 0 amide bonds. The maximum absolute atomic E-state index is 13.7. The smallest absolute Gasteiger partial charge is 0.140 e. The Bertz CT molecular complexity index is 928. The van der Waals surface area contributed by atoms with Crippen molar-refractivity contribution in [1.29, 1.82) is 0 Å². The zero-order chi connectivity index (χ0) is 19.5. The van der Waals surface area contributed by atoms with E-state index in [4.69, 9.17) is 0 Å². The lowest BCUT2D eigenvalue weighted by Crippen LogP contribution is -2.44. The van der Waals surface area contributed by atoms with Crippen LogP contribution in [0.25, 0.3) is 22.4 Å². The Morgan fingerprint density at radius 2 is 1.96 bits per heavy atom. The summed E-state index contributed by atoms with van der Waals surface area (Å²) in [4.78, 5) is 17.2. The van der Waals surface area contributed by atoms with Crippen molar-refractivity contribution in [1.82, 2.24) is 24.8 Å². The number of nitrogens with one attached hydrogen (secondary N) is 2. The number of fused-ring (bicyclic) bond motifs is 1. The number of H-pyrrole nitrogens is 1. The second-order valence-corrected chi connectivity index (χ2v) is 7.51. The maximum atomic E-state index is 13.7. The highest BCUT2D eigenvalue weighted by Gasteiger charge is 2.13. The van der Waals surface area contributed by atoms with Gasteiger partial charge in [0.25, 0.3) is 0 Å². The fourth-order valence-electron chi connectivity index (χ4n) is 3.55. The van der Waals surface area contributed by atoms with Crippen LogP contribution in [0.5, 0.6) is 0 Å². The molecule has 4 rings (SSSR count). The van der Waals surface area contributed by atoms with Crippen molar-refractivity contribution >= 4 is 16.9 Å². The van der Waals surface area contributed by atoms with Gasteiger partial charge >= 0.3 is 0 Å². The van der Waals surface area contributed by atoms with E-state index in [2.05, 4.69) is 37.1 Å². The summed E-state index contributed by atoms with van der Waals surface area (Å²) in [6.45, 7) is 8.40. The summed E-state index contributed by atoms with van der Waals surface area (Å²) in [7, 11) is 2.18. The van der Waals surface area contributed by atoms with E-state index in [9.17, 15) is 4.39 Å². The van der Waals surface area contributed by atoms with Crippen LogP contribution in [0.4, 0.5) is 10.2 Å². The first-order valence-electron chi connectivity index (χ1n) is 9.86. The molecule has 7 heteroatoms. The molecule has 0 radical (unpaired) electrons. The van der Waals surface area contributed by atoms with Gasteiger partial charge in [-0.3, -0.25) is 0 Å². The lowest BCUT2D eigenvalue weighted by Gasteiger charge is -2.32. The number of anilines is 1. The molecule has 148 valence electrons. The first-order chi connectivity index (χ1) is 13.6. The van der Waals surface area contributed by atoms with Crippen LogP contribution in [0.15, 0.2) is 30.5 Å². The summed E-state index contributed by atoms with van der Waals surface area (Å²) < 4.78 is 13.7. The van der Waals surface area contributed by atoms with E-state index in [0.717, 1.165) is 62.6 Å². The molecule has 1 saturated heterocycles. The third-order valence-electron chi connectivity index (χ3n) is 5.43. The summed E-state index contributed by atoms with van der Waals surface area (Å²) in [5, 5.41) is 3.39. The normalized spacial score (nSPS) is 16.0. The Morgan fingerprint density at radius 1 is 1.14 bits per heavy atom. The molecule has 0 atom stereocenters. The standard InChI is InChI=1S/C21H27FN6/c1-15-17(22)5-6-18-20(15)26-21(25-18)16-4-7-19(24-14-16)23-8-3-9-28-12-10-27(2)11-13-28/h4-7,14H,3,8-13H2,1-2H3,(H,23,24)(H,25,26). The minimum absolute atomic E-state index is 0.236. The summed E-state index contributed by atoms with van der Waals surface area (Å²) >= 11 is 0. The van der Waals surface area contributed by atoms with E-state index in [1.165, 1.54) is 6.07 Å². The number of piperazine rings is 1.